The van der Waals surface area contributed by atoms with Crippen LogP contribution in [0.2, 0.25) is 0 Å². The van der Waals surface area contributed by atoms with E-state index in [-0.39, 0.29) is 11.0 Å². The number of fused-ring (bicyclic) bond motifs is 3. The lowest BCUT2D eigenvalue weighted by Gasteiger charge is -2.25. The molecule has 146 valence electrons. The predicted octanol–water partition coefficient (Wildman–Crippen LogP) is 5.31. The lowest BCUT2D eigenvalue weighted by atomic mass is 10.0. The van der Waals surface area contributed by atoms with Crippen LogP contribution in [0, 0.1) is 0 Å². The maximum atomic E-state index is 15.0. The lowest BCUT2D eigenvalue weighted by Crippen LogP contribution is -2.62. The Bertz CT molecular complexity index is 1230. The second kappa shape index (κ2) is 6.64. The van der Waals surface area contributed by atoms with Crippen LogP contribution in [0.1, 0.15) is 5.56 Å². The van der Waals surface area contributed by atoms with Gasteiger partial charge in [-0.15, -0.1) is 11.3 Å². The third-order valence-electron chi connectivity index (χ3n) is 4.81. The van der Waals surface area contributed by atoms with Crippen molar-refractivity contribution in [3.8, 4) is 10.4 Å². The molecule has 1 aliphatic heterocycles. The molecule has 0 saturated heterocycles. The fraction of sp³-hybridized carbons (Fsp3) is 0.100. The van der Waals surface area contributed by atoms with Crippen molar-refractivity contribution in [1.82, 2.24) is 0 Å². The summed E-state index contributed by atoms with van der Waals surface area (Å²) in [7, 11) is -0.431. The number of hydrogen-bond acceptors (Lipinski definition) is 5. The Hall–Kier alpha value is -2.78. The van der Waals surface area contributed by atoms with E-state index in [1.54, 1.807) is 29.5 Å². The fourth-order valence-corrected chi connectivity index (χ4v) is 5.17. The van der Waals surface area contributed by atoms with Gasteiger partial charge < -0.3 is 22.7 Å². The number of anilines is 1. The van der Waals surface area contributed by atoms with E-state index in [0.717, 1.165) is 25.3 Å². The summed E-state index contributed by atoms with van der Waals surface area (Å²) >= 11 is 2.87. The van der Waals surface area contributed by atoms with Gasteiger partial charge in [-0.25, -0.2) is 0 Å². The van der Waals surface area contributed by atoms with Crippen LogP contribution in [0.5, 0.6) is 0 Å². The third-order valence-corrected chi connectivity index (χ3v) is 6.75. The maximum Gasteiger partial charge on any atom is 0.737 e. The second-order valence-corrected chi connectivity index (χ2v) is 8.91. The largest absolute Gasteiger partial charge is 0.737 e. The summed E-state index contributed by atoms with van der Waals surface area (Å²) < 4.78 is 36.8. The molecule has 0 N–H and O–H groups in total. The highest BCUT2D eigenvalue weighted by Gasteiger charge is 2.49. The number of thiazole rings is 1. The van der Waals surface area contributed by atoms with E-state index in [1.807, 2.05) is 60.8 Å². The van der Waals surface area contributed by atoms with Crippen molar-refractivity contribution in [2.24, 2.45) is 4.99 Å². The van der Waals surface area contributed by atoms with Gasteiger partial charge in [0.25, 0.3) is 5.90 Å². The number of benzene rings is 2. The molecule has 3 heterocycles. The number of rotatable bonds is 3. The van der Waals surface area contributed by atoms with Crippen molar-refractivity contribution in [1.29, 1.82) is 0 Å². The molecule has 29 heavy (non-hydrogen) atoms. The zero-order valence-corrected chi connectivity index (χ0v) is 17.3. The van der Waals surface area contributed by atoms with Gasteiger partial charge in [-0.1, -0.05) is 6.07 Å². The van der Waals surface area contributed by atoms with Gasteiger partial charge in [0, 0.05) is 29.7 Å². The van der Waals surface area contributed by atoms with Crippen LogP contribution in [-0.4, -0.2) is 27.0 Å². The van der Waals surface area contributed by atoms with Crippen molar-refractivity contribution in [3.63, 3.8) is 0 Å². The molecule has 0 aliphatic carbocycles. The Morgan fingerprint density at radius 3 is 2.48 bits per heavy atom. The molecule has 0 radical (unpaired) electrons. The quantitative estimate of drug-likeness (QED) is 0.415. The Morgan fingerprint density at radius 1 is 1.03 bits per heavy atom. The highest BCUT2D eigenvalue weighted by molar-refractivity contribution is 7.21. The van der Waals surface area contributed by atoms with Gasteiger partial charge in [0.15, 0.2) is 0 Å². The molecule has 0 fully saturated rings. The molecule has 4 aromatic rings. The van der Waals surface area contributed by atoms with Gasteiger partial charge in [0.2, 0.25) is 0 Å². The first kappa shape index (κ1) is 18.3. The predicted molar refractivity (Wildman–Crippen MR) is 117 cm³/mol. The Kier molecular flexibility index (Phi) is 4.18. The Labute approximate surface area is 174 Å². The summed E-state index contributed by atoms with van der Waals surface area (Å²) in [6.45, 7) is 0. The minimum Gasteiger partial charge on any atom is -0.590 e. The van der Waals surface area contributed by atoms with E-state index in [4.69, 9.17) is 4.65 Å². The van der Waals surface area contributed by atoms with Crippen LogP contribution < -0.4 is 9.38 Å². The topological polar surface area (TPSA) is 28.7 Å². The lowest BCUT2D eigenvalue weighted by molar-refractivity contribution is -0.536. The zero-order chi connectivity index (χ0) is 20.2. The average Bonchev–Trinajstić information content (AvgIpc) is 3.34. The molecule has 2 aromatic carbocycles. The first-order chi connectivity index (χ1) is 13.9. The Balaban J connectivity index is 1.61. The molecular weight excluding hydrogens is 411 g/mol. The van der Waals surface area contributed by atoms with E-state index < -0.39 is 7.04 Å². The molecule has 4 nitrogen and oxygen atoms in total. The number of halogens is 2. The zero-order valence-electron chi connectivity index (χ0n) is 15.7. The second-order valence-electron chi connectivity index (χ2n) is 6.95. The summed E-state index contributed by atoms with van der Waals surface area (Å²) in [4.78, 5) is 7.46. The normalized spacial score (nSPS) is 15.0. The number of thiophene rings is 1. The fourth-order valence-electron chi connectivity index (χ4n) is 3.34. The van der Waals surface area contributed by atoms with Gasteiger partial charge in [0.05, 0.1) is 10.3 Å². The van der Waals surface area contributed by atoms with Crippen LogP contribution >= 0.6 is 22.7 Å². The van der Waals surface area contributed by atoms with E-state index in [2.05, 4.69) is 4.99 Å². The molecule has 9 heteroatoms. The van der Waals surface area contributed by atoms with Gasteiger partial charge >= 0.3 is 12.2 Å². The van der Waals surface area contributed by atoms with Gasteiger partial charge in [-0.3, -0.25) is 0 Å². The van der Waals surface area contributed by atoms with Gasteiger partial charge in [-0.05, 0) is 70.8 Å². The number of aliphatic imine (C=N–C) groups is 1. The van der Waals surface area contributed by atoms with Crippen LogP contribution in [0.4, 0.5) is 19.5 Å². The van der Waals surface area contributed by atoms with Crippen LogP contribution in [-0.2, 0) is 4.65 Å². The minimum atomic E-state index is -4.28. The number of nitrogens with zero attached hydrogens (tertiary/aromatic N) is 3. The molecule has 1 aliphatic rings. The standard InChI is InChI=1S/C20H16BF2N3OS2/c1-25(2)15-8-5-13(6-9-15)19-24-20-26(21(22,23)27-19)16-10-7-14(12-18(16)29-20)17-4-3-11-28-17/h3-12H,1-2H3. The van der Waals surface area contributed by atoms with Crippen LogP contribution in [0.25, 0.3) is 20.7 Å². The Morgan fingerprint density at radius 2 is 1.79 bits per heavy atom. The first-order valence-electron chi connectivity index (χ1n) is 9.01. The van der Waals surface area contributed by atoms with E-state index in [1.165, 1.54) is 11.3 Å². The van der Waals surface area contributed by atoms with E-state index >= 15 is 8.63 Å². The van der Waals surface area contributed by atoms with Crippen molar-refractivity contribution >= 4 is 56.6 Å². The van der Waals surface area contributed by atoms with Gasteiger partial charge in [-0.2, -0.15) is 0 Å². The summed E-state index contributed by atoms with van der Waals surface area (Å²) in [5.74, 6) is -0.0506. The van der Waals surface area contributed by atoms with Crippen molar-refractivity contribution in [3.05, 3.63) is 65.5 Å². The third kappa shape index (κ3) is 3.10. The average molecular weight is 427 g/mol. The summed E-state index contributed by atoms with van der Waals surface area (Å²) in [6, 6.07) is 16.7. The van der Waals surface area contributed by atoms with Crippen molar-refractivity contribution in [2.75, 3.05) is 19.0 Å². The maximum absolute atomic E-state index is 15.0. The molecule has 2 aromatic heterocycles. The molecule has 0 spiro atoms. The molecular formula is C20H16BF2N3OS2. The monoisotopic (exact) mass is 427 g/mol. The molecule has 0 unspecified atom stereocenters. The highest BCUT2D eigenvalue weighted by Crippen LogP contribution is 2.36. The van der Waals surface area contributed by atoms with Crippen LogP contribution in [0.3, 0.4) is 0 Å². The van der Waals surface area contributed by atoms with E-state index in [9.17, 15) is 0 Å². The number of aromatic nitrogens is 1. The minimum absolute atomic E-state index is 0.0506. The summed E-state index contributed by atoms with van der Waals surface area (Å²) in [5.41, 5.74) is 2.94. The van der Waals surface area contributed by atoms with Crippen LogP contribution in [0.15, 0.2) is 65.0 Å². The summed E-state index contributed by atoms with van der Waals surface area (Å²) in [5, 5.41) is 2.24. The number of hydrogen-bond donors (Lipinski definition) is 0. The molecule has 0 atom stereocenters. The molecule has 0 amide bonds. The smallest absolute Gasteiger partial charge is 0.590 e. The van der Waals surface area contributed by atoms with E-state index in [0.29, 0.717) is 11.1 Å². The first-order valence-corrected chi connectivity index (χ1v) is 10.7. The van der Waals surface area contributed by atoms with Crippen molar-refractivity contribution in [2.45, 2.75) is 0 Å². The molecule has 0 bridgehead atoms. The van der Waals surface area contributed by atoms with Crippen molar-refractivity contribution < 1.29 is 17.8 Å². The summed E-state index contributed by atoms with van der Waals surface area (Å²) in [6.07, 6.45) is 0. The molecule has 0 saturated carbocycles. The highest BCUT2D eigenvalue weighted by atomic mass is 32.1. The molecule has 5 rings (SSSR count). The SMILES string of the molecule is CN(C)c1ccc(C2=Nc3sc4cc(-c5cccs5)ccc4[n+]3[B-](F)(F)O2)cc1. The van der Waals surface area contributed by atoms with Gasteiger partial charge in [0.1, 0.15) is 5.52 Å².